The smallest absolute Gasteiger partial charge is 0.311 e. The zero-order valence-corrected chi connectivity index (χ0v) is 13.7. The van der Waals surface area contributed by atoms with Crippen molar-refractivity contribution in [2.24, 2.45) is 0 Å². The Balaban J connectivity index is 1.73. The summed E-state index contributed by atoms with van der Waals surface area (Å²) >= 11 is 1.56. The van der Waals surface area contributed by atoms with Gasteiger partial charge < -0.3 is 5.11 Å². The number of rotatable bonds is 3. The number of phenolic OH excluding ortho intramolecular Hbond substituents is 1. The quantitative estimate of drug-likeness (QED) is 0.406. The molecule has 0 saturated heterocycles. The first kappa shape index (κ1) is 15.3. The van der Waals surface area contributed by atoms with Crippen LogP contribution >= 0.6 is 11.3 Å². The van der Waals surface area contributed by atoms with Gasteiger partial charge in [0.15, 0.2) is 5.75 Å². The monoisotopic (exact) mass is 348 g/mol. The van der Waals surface area contributed by atoms with Gasteiger partial charge in [-0.05, 0) is 29.2 Å². The van der Waals surface area contributed by atoms with Gasteiger partial charge in [0.25, 0.3) is 0 Å². The normalized spacial score (nSPS) is 11.5. The van der Waals surface area contributed by atoms with Crippen LogP contribution in [0.3, 0.4) is 0 Å². The minimum Gasteiger partial charge on any atom is -0.502 e. The Morgan fingerprint density at radius 2 is 1.92 bits per heavy atom. The Hall–Kier alpha value is -3.25. The number of benzene rings is 3. The number of thiazole rings is 1. The van der Waals surface area contributed by atoms with Crippen LogP contribution in [0.15, 0.2) is 54.6 Å². The molecule has 1 heterocycles. The van der Waals surface area contributed by atoms with E-state index in [1.165, 1.54) is 12.1 Å². The van der Waals surface area contributed by atoms with E-state index in [0.29, 0.717) is 5.56 Å². The Labute approximate surface area is 146 Å². The molecule has 4 rings (SSSR count). The summed E-state index contributed by atoms with van der Waals surface area (Å²) in [7, 11) is 0. The standard InChI is InChI=1S/C19H12N2O3S/c22-16-8-5-12(11-15(16)21(23)24)6-10-18-20-19-14-4-2-1-3-13(14)7-9-17(19)25-18/h1-11,22H/b10-6+. The van der Waals surface area contributed by atoms with Crippen molar-refractivity contribution in [3.63, 3.8) is 0 Å². The molecule has 1 aromatic heterocycles. The first-order chi connectivity index (χ1) is 12.1. The van der Waals surface area contributed by atoms with Crippen molar-refractivity contribution in [1.82, 2.24) is 4.98 Å². The molecule has 0 spiro atoms. The summed E-state index contributed by atoms with van der Waals surface area (Å²) in [5, 5.41) is 23.5. The summed E-state index contributed by atoms with van der Waals surface area (Å²) < 4.78 is 1.09. The molecule has 25 heavy (non-hydrogen) atoms. The molecule has 0 atom stereocenters. The van der Waals surface area contributed by atoms with Gasteiger partial charge in [0.05, 0.1) is 15.1 Å². The van der Waals surface area contributed by atoms with Crippen molar-refractivity contribution in [3.8, 4) is 5.75 Å². The van der Waals surface area contributed by atoms with E-state index in [1.54, 1.807) is 23.5 Å². The molecule has 0 fully saturated rings. The maximum atomic E-state index is 10.9. The molecule has 0 aliphatic heterocycles. The number of aromatic hydroxyl groups is 1. The zero-order valence-electron chi connectivity index (χ0n) is 12.9. The van der Waals surface area contributed by atoms with E-state index >= 15 is 0 Å². The van der Waals surface area contributed by atoms with Crippen LogP contribution in [0, 0.1) is 10.1 Å². The second kappa shape index (κ2) is 5.99. The fourth-order valence-corrected chi connectivity index (χ4v) is 3.59. The van der Waals surface area contributed by atoms with Gasteiger partial charge in [-0.15, -0.1) is 11.3 Å². The highest BCUT2D eigenvalue weighted by Crippen LogP contribution is 2.31. The van der Waals surface area contributed by atoms with Crippen LogP contribution in [0.25, 0.3) is 33.1 Å². The van der Waals surface area contributed by atoms with Crippen molar-refractivity contribution < 1.29 is 10.0 Å². The Morgan fingerprint density at radius 1 is 1.08 bits per heavy atom. The van der Waals surface area contributed by atoms with Crippen molar-refractivity contribution in [1.29, 1.82) is 0 Å². The molecule has 0 unspecified atom stereocenters. The largest absolute Gasteiger partial charge is 0.502 e. The highest BCUT2D eigenvalue weighted by molar-refractivity contribution is 7.19. The topological polar surface area (TPSA) is 76.3 Å². The van der Waals surface area contributed by atoms with Crippen molar-refractivity contribution >= 4 is 50.2 Å². The molecule has 122 valence electrons. The molecular formula is C19H12N2O3S. The predicted molar refractivity (Wildman–Crippen MR) is 101 cm³/mol. The lowest BCUT2D eigenvalue weighted by molar-refractivity contribution is -0.385. The first-order valence-electron chi connectivity index (χ1n) is 7.55. The van der Waals surface area contributed by atoms with Crippen molar-refractivity contribution in [2.75, 3.05) is 0 Å². The summed E-state index contributed by atoms with van der Waals surface area (Å²) in [5.41, 5.74) is 1.28. The lowest BCUT2D eigenvalue weighted by Crippen LogP contribution is -1.88. The van der Waals surface area contributed by atoms with E-state index in [2.05, 4.69) is 23.2 Å². The van der Waals surface area contributed by atoms with E-state index in [9.17, 15) is 15.2 Å². The average Bonchev–Trinajstić information content (AvgIpc) is 3.04. The van der Waals surface area contributed by atoms with Gasteiger partial charge in [0.2, 0.25) is 0 Å². The molecular weight excluding hydrogens is 336 g/mol. The van der Waals surface area contributed by atoms with Gasteiger partial charge in [0, 0.05) is 11.5 Å². The van der Waals surface area contributed by atoms with Gasteiger partial charge in [0.1, 0.15) is 5.01 Å². The SMILES string of the molecule is O=[N+]([O-])c1cc(/C=C/c2nc3c(ccc4ccccc43)s2)ccc1O. The zero-order chi connectivity index (χ0) is 17.4. The second-order valence-corrected chi connectivity index (χ2v) is 6.59. The number of aromatic nitrogens is 1. The van der Waals surface area contributed by atoms with Crippen LogP contribution in [-0.4, -0.2) is 15.0 Å². The van der Waals surface area contributed by atoms with Gasteiger partial charge in [-0.25, -0.2) is 4.98 Å². The van der Waals surface area contributed by atoms with E-state index in [0.717, 1.165) is 26.0 Å². The molecule has 4 aromatic rings. The maximum absolute atomic E-state index is 10.9. The number of nitro benzene ring substituents is 1. The summed E-state index contributed by atoms with van der Waals surface area (Å²) in [6.07, 6.45) is 3.59. The number of hydrogen-bond acceptors (Lipinski definition) is 5. The number of phenols is 1. The third kappa shape index (κ3) is 2.83. The van der Waals surface area contributed by atoms with Gasteiger partial charge in [-0.2, -0.15) is 0 Å². The maximum Gasteiger partial charge on any atom is 0.311 e. The molecule has 0 radical (unpaired) electrons. The van der Waals surface area contributed by atoms with E-state index in [1.807, 2.05) is 24.3 Å². The van der Waals surface area contributed by atoms with Crippen LogP contribution in [0.4, 0.5) is 5.69 Å². The number of nitro groups is 1. The summed E-state index contributed by atoms with van der Waals surface area (Å²) in [6.45, 7) is 0. The molecule has 5 nitrogen and oxygen atoms in total. The Morgan fingerprint density at radius 3 is 2.76 bits per heavy atom. The third-order valence-electron chi connectivity index (χ3n) is 3.91. The number of fused-ring (bicyclic) bond motifs is 3. The van der Waals surface area contributed by atoms with E-state index in [-0.39, 0.29) is 11.4 Å². The van der Waals surface area contributed by atoms with Gasteiger partial charge in [-0.3, -0.25) is 10.1 Å². The van der Waals surface area contributed by atoms with Crippen LogP contribution < -0.4 is 0 Å². The second-order valence-electron chi connectivity index (χ2n) is 5.52. The lowest BCUT2D eigenvalue weighted by Gasteiger charge is -1.97. The van der Waals surface area contributed by atoms with E-state index < -0.39 is 4.92 Å². The molecule has 0 amide bonds. The van der Waals surface area contributed by atoms with Crippen LogP contribution in [-0.2, 0) is 0 Å². The minimum absolute atomic E-state index is 0.308. The third-order valence-corrected chi connectivity index (χ3v) is 4.90. The van der Waals surface area contributed by atoms with Crippen molar-refractivity contribution in [2.45, 2.75) is 0 Å². The van der Waals surface area contributed by atoms with Crippen LogP contribution in [0.2, 0.25) is 0 Å². The molecule has 0 saturated carbocycles. The highest BCUT2D eigenvalue weighted by Gasteiger charge is 2.12. The molecule has 1 N–H and O–H groups in total. The number of nitrogens with zero attached hydrogens (tertiary/aromatic N) is 2. The highest BCUT2D eigenvalue weighted by atomic mass is 32.1. The van der Waals surface area contributed by atoms with Gasteiger partial charge >= 0.3 is 5.69 Å². The molecule has 6 heteroatoms. The first-order valence-corrected chi connectivity index (χ1v) is 8.37. The van der Waals surface area contributed by atoms with E-state index in [4.69, 9.17) is 0 Å². The molecule has 0 bridgehead atoms. The Kier molecular flexibility index (Phi) is 3.66. The van der Waals surface area contributed by atoms with Crippen LogP contribution in [0.1, 0.15) is 10.6 Å². The fraction of sp³-hybridized carbons (Fsp3) is 0. The summed E-state index contributed by atoms with van der Waals surface area (Å²) in [4.78, 5) is 15.0. The lowest BCUT2D eigenvalue weighted by atomic mass is 10.1. The van der Waals surface area contributed by atoms with Crippen LogP contribution in [0.5, 0.6) is 5.75 Å². The van der Waals surface area contributed by atoms with Crippen molar-refractivity contribution in [3.05, 3.63) is 75.3 Å². The minimum atomic E-state index is -0.601. The Bertz CT molecular complexity index is 1150. The molecule has 0 aliphatic rings. The molecule has 3 aromatic carbocycles. The summed E-state index contributed by atoms with van der Waals surface area (Å²) in [6, 6.07) is 16.5. The summed E-state index contributed by atoms with van der Waals surface area (Å²) in [5.74, 6) is -0.339. The molecule has 0 aliphatic carbocycles. The fourth-order valence-electron chi connectivity index (χ4n) is 2.71. The number of hydrogen-bond donors (Lipinski definition) is 1. The average molecular weight is 348 g/mol. The van der Waals surface area contributed by atoms with Gasteiger partial charge in [-0.1, -0.05) is 42.5 Å². The predicted octanol–water partition coefficient (Wildman–Crippen LogP) is 5.23.